The van der Waals surface area contributed by atoms with Crippen LogP contribution in [0.2, 0.25) is 0 Å². The van der Waals surface area contributed by atoms with Crippen molar-refractivity contribution >= 4 is 15.9 Å². The van der Waals surface area contributed by atoms with E-state index in [0.717, 1.165) is 10.0 Å². The molecule has 0 aliphatic heterocycles. The van der Waals surface area contributed by atoms with Crippen molar-refractivity contribution in [2.45, 2.75) is 24.9 Å². The van der Waals surface area contributed by atoms with E-state index in [0.29, 0.717) is 5.92 Å². The van der Waals surface area contributed by atoms with Gasteiger partial charge in [-0.1, -0.05) is 0 Å². The molecule has 0 aromatic carbocycles. The van der Waals surface area contributed by atoms with Gasteiger partial charge in [0.15, 0.2) is 0 Å². The van der Waals surface area contributed by atoms with Gasteiger partial charge in [0, 0.05) is 29.0 Å². The van der Waals surface area contributed by atoms with Crippen molar-refractivity contribution in [3.8, 4) is 0 Å². The molecule has 1 aliphatic rings. The Morgan fingerprint density at radius 3 is 2.64 bits per heavy atom. The van der Waals surface area contributed by atoms with Gasteiger partial charge in [-0.3, -0.25) is 4.98 Å². The van der Waals surface area contributed by atoms with Crippen LogP contribution < -0.4 is 11.5 Å². The number of pyridine rings is 1. The van der Waals surface area contributed by atoms with Crippen molar-refractivity contribution in [3.63, 3.8) is 0 Å². The lowest BCUT2D eigenvalue weighted by Crippen LogP contribution is -2.35. The van der Waals surface area contributed by atoms with Crippen molar-refractivity contribution < 1.29 is 0 Å². The Labute approximate surface area is 92.0 Å². The maximum absolute atomic E-state index is 6.06. The van der Waals surface area contributed by atoms with E-state index in [9.17, 15) is 0 Å². The summed E-state index contributed by atoms with van der Waals surface area (Å²) in [5.41, 5.74) is 13.1. The smallest absolute Gasteiger partial charge is 0.0467 e. The molecule has 0 saturated heterocycles. The van der Waals surface area contributed by atoms with E-state index >= 15 is 0 Å². The molecule has 2 rings (SSSR count). The standard InChI is InChI=1S/C10H14BrN3/c11-8-3-7(4-14-5-8)10(13)9(12)6-1-2-6/h3-6,9-10H,1-2,12-13H2. The van der Waals surface area contributed by atoms with Crippen molar-refractivity contribution in [2.24, 2.45) is 17.4 Å². The number of rotatable bonds is 3. The van der Waals surface area contributed by atoms with Crippen LogP contribution in [0.5, 0.6) is 0 Å². The molecular weight excluding hydrogens is 242 g/mol. The molecule has 0 amide bonds. The molecule has 3 nitrogen and oxygen atoms in total. The van der Waals surface area contributed by atoms with Gasteiger partial charge >= 0.3 is 0 Å². The second-order valence-corrected chi connectivity index (χ2v) is 4.79. The first kappa shape index (κ1) is 10.1. The zero-order valence-corrected chi connectivity index (χ0v) is 9.44. The van der Waals surface area contributed by atoms with Gasteiger partial charge in [-0.15, -0.1) is 0 Å². The third kappa shape index (κ3) is 2.13. The van der Waals surface area contributed by atoms with Crippen LogP contribution in [0.1, 0.15) is 24.4 Å². The summed E-state index contributed by atoms with van der Waals surface area (Å²) in [4.78, 5) is 4.08. The fourth-order valence-corrected chi connectivity index (χ4v) is 1.99. The first-order valence-electron chi connectivity index (χ1n) is 4.80. The molecule has 4 heteroatoms. The van der Waals surface area contributed by atoms with E-state index in [2.05, 4.69) is 20.9 Å². The Balaban J connectivity index is 2.13. The molecule has 0 bridgehead atoms. The van der Waals surface area contributed by atoms with Crippen LogP contribution in [0.4, 0.5) is 0 Å². The number of nitrogens with two attached hydrogens (primary N) is 2. The number of hydrogen-bond donors (Lipinski definition) is 2. The highest BCUT2D eigenvalue weighted by Gasteiger charge is 2.32. The number of nitrogens with zero attached hydrogens (tertiary/aromatic N) is 1. The Morgan fingerprint density at radius 2 is 2.07 bits per heavy atom. The summed E-state index contributed by atoms with van der Waals surface area (Å²) in [6.07, 6.45) is 5.98. The lowest BCUT2D eigenvalue weighted by atomic mass is 9.99. The third-order valence-electron chi connectivity index (χ3n) is 2.69. The topological polar surface area (TPSA) is 64.9 Å². The number of halogens is 1. The van der Waals surface area contributed by atoms with Crippen LogP contribution in [0.3, 0.4) is 0 Å². The molecule has 1 aliphatic carbocycles. The van der Waals surface area contributed by atoms with E-state index < -0.39 is 0 Å². The zero-order valence-electron chi connectivity index (χ0n) is 7.86. The van der Waals surface area contributed by atoms with Crippen LogP contribution in [0, 0.1) is 5.92 Å². The van der Waals surface area contributed by atoms with Crippen molar-refractivity contribution in [2.75, 3.05) is 0 Å². The molecule has 1 heterocycles. The highest BCUT2D eigenvalue weighted by atomic mass is 79.9. The predicted octanol–water partition coefficient (Wildman–Crippen LogP) is 1.58. The predicted molar refractivity (Wildman–Crippen MR) is 59.6 cm³/mol. The highest BCUT2D eigenvalue weighted by molar-refractivity contribution is 9.10. The summed E-state index contributed by atoms with van der Waals surface area (Å²) in [6, 6.07) is 1.97. The second kappa shape index (κ2) is 3.96. The minimum absolute atomic E-state index is 0.0751. The number of aromatic nitrogens is 1. The molecule has 1 fully saturated rings. The van der Waals surface area contributed by atoms with Crippen molar-refractivity contribution in [3.05, 3.63) is 28.5 Å². The van der Waals surface area contributed by atoms with E-state index in [-0.39, 0.29) is 12.1 Å². The molecule has 0 radical (unpaired) electrons. The highest BCUT2D eigenvalue weighted by Crippen LogP contribution is 2.36. The van der Waals surface area contributed by atoms with Gasteiger partial charge in [0.05, 0.1) is 0 Å². The molecule has 2 atom stereocenters. The Bertz CT molecular complexity index is 325. The summed E-state index contributed by atoms with van der Waals surface area (Å²) in [5.74, 6) is 0.615. The van der Waals surface area contributed by atoms with Gasteiger partial charge < -0.3 is 11.5 Å². The third-order valence-corrected chi connectivity index (χ3v) is 3.13. The normalized spacial score (nSPS) is 20.5. The summed E-state index contributed by atoms with van der Waals surface area (Å²) in [5, 5.41) is 0. The average Bonchev–Trinajstić information content (AvgIpc) is 2.99. The van der Waals surface area contributed by atoms with E-state index in [1.54, 1.807) is 12.4 Å². The number of hydrogen-bond acceptors (Lipinski definition) is 3. The summed E-state index contributed by atoms with van der Waals surface area (Å²) >= 11 is 3.37. The van der Waals surface area contributed by atoms with Gasteiger partial charge in [-0.25, -0.2) is 0 Å². The largest absolute Gasteiger partial charge is 0.326 e. The monoisotopic (exact) mass is 255 g/mol. The summed E-state index contributed by atoms with van der Waals surface area (Å²) in [7, 11) is 0. The second-order valence-electron chi connectivity index (χ2n) is 3.88. The molecule has 4 N–H and O–H groups in total. The van der Waals surface area contributed by atoms with Crippen LogP contribution >= 0.6 is 15.9 Å². The van der Waals surface area contributed by atoms with E-state index in [1.165, 1.54) is 12.8 Å². The first-order valence-corrected chi connectivity index (χ1v) is 5.59. The summed E-state index contributed by atoms with van der Waals surface area (Å²) in [6.45, 7) is 0. The van der Waals surface area contributed by atoms with Gasteiger partial charge in [-0.2, -0.15) is 0 Å². The molecule has 2 unspecified atom stereocenters. The summed E-state index contributed by atoms with van der Waals surface area (Å²) < 4.78 is 0.952. The van der Waals surface area contributed by atoms with Crippen molar-refractivity contribution in [1.29, 1.82) is 0 Å². The SMILES string of the molecule is NC(c1cncc(Br)c1)C(N)C1CC1. The lowest BCUT2D eigenvalue weighted by molar-refractivity contribution is 0.492. The minimum Gasteiger partial charge on any atom is -0.326 e. The fourth-order valence-electron chi connectivity index (χ4n) is 1.61. The molecular formula is C10H14BrN3. The van der Waals surface area contributed by atoms with Crippen LogP contribution in [-0.2, 0) is 0 Å². The molecule has 1 aromatic rings. The molecule has 0 spiro atoms. The maximum atomic E-state index is 6.06. The molecule has 76 valence electrons. The first-order chi connectivity index (χ1) is 6.68. The quantitative estimate of drug-likeness (QED) is 0.862. The maximum Gasteiger partial charge on any atom is 0.0467 e. The molecule has 14 heavy (non-hydrogen) atoms. The van der Waals surface area contributed by atoms with Crippen LogP contribution in [-0.4, -0.2) is 11.0 Å². The van der Waals surface area contributed by atoms with Gasteiger partial charge in [0.1, 0.15) is 0 Å². The van der Waals surface area contributed by atoms with Crippen molar-refractivity contribution in [1.82, 2.24) is 4.98 Å². The zero-order chi connectivity index (χ0) is 10.1. The van der Waals surface area contributed by atoms with E-state index in [1.807, 2.05) is 6.07 Å². The Morgan fingerprint density at radius 1 is 1.36 bits per heavy atom. The van der Waals surface area contributed by atoms with Crippen LogP contribution in [0.25, 0.3) is 0 Å². The fraction of sp³-hybridized carbons (Fsp3) is 0.500. The molecule has 1 aromatic heterocycles. The van der Waals surface area contributed by atoms with E-state index in [4.69, 9.17) is 11.5 Å². The Hall–Kier alpha value is -0.450. The van der Waals surface area contributed by atoms with Crippen LogP contribution in [0.15, 0.2) is 22.9 Å². The average molecular weight is 256 g/mol. The van der Waals surface area contributed by atoms with Gasteiger partial charge in [0.25, 0.3) is 0 Å². The van der Waals surface area contributed by atoms with Gasteiger partial charge in [-0.05, 0) is 46.3 Å². The lowest BCUT2D eigenvalue weighted by Gasteiger charge is -2.19. The van der Waals surface area contributed by atoms with Gasteiger partial charge in [0.2, 0.25) is 0 Å². The minimum atomic E-state index is -0.0903. The Kier molecular flexibility index (Phi) is 2.85. The molecule has 1 saturated carbocycles.